The van der Waals surface area contributed by atoms with E-state index in [-0.39, 0.29) is 164 Å². The Morgan fingerprint density at radius 1 is 1.12 bits per heavy atom. The van der Waals surface area contributed by atoms with Crippen LogP contribution in [-0.4, -0.2) is 72.4 Å². The fourth-order valence-corrected chi connectivity index (χ4v) is 4.14. The van der Waals surface area contributed by atoms with Gasteiger partial charge in [-0.3, -0.25) is 19.2 Å². The maximum Gasteiger partial charge on any atom is 1.00 e. The number of ether oxygens (including phenoxy) is 2. The Morgan fingerprint density at radius 2 is 1.76 bits per heavy atom. The molecule has 1 saturated heterocycles. The summed E-state index contributed by atoms with van der Waals surface area (Å²) in [5.41, 5.74) is -0.313. The van der Waals surface area contributed by atoms with Crippen molar-refractivity contribution in [3.63, 3.8) is 0 Å². The van der Waals surface area contributed by atoms with E-state index >= 15 is 0 Å². The molecule has 20 heteroatoms. The molecular weight excluding hydrogens is 643 g/mol. The number of rotatable bonds is 14. The molecule has 0 unspecified atom stereocenters. The number of carbonyl (C=O) groups excluding carboxylic acids is 2. The molecule has 1 aliphatic heterocycles. The molecule has 16 nitrogen and oxygen atoms in total. The van der Waals surface area contributed by atoms with Crippen LogP contribution in [0.25, 0.3) is 6.08 Å². The second-order valence-corrected chi connectivity index (χ2v) is 10.4. The summed E-state index contributed by atoms with van der Waals surface area (Å²) in [6.07, 6.45) is 3.08. The van der Waals surface area contributed by atoms with Crippen LogP contribution in [-0.2, 0) is 41.0 Å². The number of hydrogen-bond acceptors (Lipinski definition) is 10. The van der Waals surface area contributed by atoms with Gasteiger partial charge in [-0.25, -0.2) is 23.3 Å². The average Bonchev–Trinajstić information content (AvgIpc) is 3.30. The molecule has 2 heterocycles. The Hall–Kier alpha value is -0.307. The van der Waals surface area contributed by atoms with Crippen LogP contribution in [0.4, 0.5) is 0 Å². The standard InChI is InChI=1S/C21H28N4O12S2.2K/c1-3-36-20(28)16-14(18(26)24(22-16)10-6-12-38(30,31)32)8-5-9-15-17(21(29)37-4-2)23-25(19(15)27)11-7-13-39(33,34)35;;/h5,8-9,12-13,22-23,28H,3-4,6-7,10-11H2,1-2H3,(H,30,31,32)(H,33,34,35);;/q;2*+1. The minimum atomic E-state index is -4.39. The van der Waals surface area contributed by atoms with Crippen molar-refractivity contribution < 1.29 is 158 Å². The van der Waals surface area contributed by atoms with E-state index in [0.717, 1.165) is 15.1 Å². The van der Waals surface area contributed by atoms with Crippen molar-refractivity contribution in [3.05, 3.63) is 62.5 Å². The number of aryl methyl sites for hydroxylation is 1. The Bertz CT molecular complexity index is 1450. The summed E-state index contributed by atoms with van der Waals surface area (Å²) in [6, 6.07) is 0. The van der Waals surface area contributed by atoms with Crippen LogP contribution in [0, 0.1) is 11.5 Å². The van der Waals surface area contributed by atoms with E-state index in [1.165, 1.54) is 18.2 Å². The SMILES string of the molecule is CCOC(=O)c1[nH]n(CC[CH+]S(=O)(=O)O)c(=O)c1C=CC=C1C(=O)N(CC[CH-]S(=O)(=O)O)[NH2+]C1=C([O-])OCC.[K+].[K+]. The van der Waals surface area contributed by atoms with Crippen LogP contribution in [0.15, 0.2) is 34.2 Å². The zero-order valence-corrected chi connectivity index (χ0v) is 30.8. The molecule has 1 aromatic heterocycles. The first-order chi connectivity index (χ1) is 18.2. The normalized spacial score (nSPS) is 16.0. The quantitative estimate of drug-likeness (QED) is 0.0211. The smallest absolute Gasteiger partial charge is 0.609 e. The molecule has 0 atom stereocenters. The van der Waals surface area contributed by atoms with Crippen LogP contribution >= 0.6 is 0 Å². The molecule has 0 spiro atoms. The molecule has 0 aromatic carbocycles. The summed E-state index contributed by atoms with van der Waals surface area (Å²) in [4.78, 5) is 38.1. The van der Waals surface area contributed by atoms with Gasteiger partial charge in [0.05, 0.1) is 18.7 Å². The number of nitrogens with two attached hydrogens (primary N) is 1. The van der Waals surface area contributed by atoms with Gasteiger partial charge in [0.2, 0.25) is 5.75 Å². The summed E-state index contributed by atoms with van der Waals surface area (Å²) in [5, 5.41) is 16.0. The molecule has 0 radical (unpaired) electrons. The molecule has 1 aromatic rings. The molecule has 41 heavy (non-hydrogen) atoms. The van der Waals surface area contributed by atoms with Gasteiger partial charge in [-0.2, -0.15) is 19.2 Å². The number of carbonyl (C=O) groups is 2. The molecule has 2 rings (SSSR count). The number of nitrogens with zero attached hydrogens (tertiary/aromatic N) is 2. The molecule has 0 saturated carbocycles. The van der Waals surface area contributed by atoms with Gasteiger partial charge in [0, 0.05) is 6.54 Å². The van der Waals surface area contributed by atoms with Crippen LogP contribution < -0.4 is 119 Å². The van der Waals surface area contributed by atoms with E-state index in [1.54, 1.807) is 13.8 Å². The fraction of sp³-hybridized carbons (Fsp3) is 0.381. The average molecular weight is 671 g/mol. The Kier molecular flexibility index (Phi) is 18.4. The van der Waals surface area contributed by atoms with Gasteiger partial charge in [0.25, 0.3) is 5.56 Å². The topological polar surface area (TPSA) is 242 Å². The zero-order valence-electron chi connectivity index (χ0n) is 22.9. The van der Waals surface area contributed by atoms with Gasteiger partial charge in [0.1, 0.15) is 28.1 Å². The number of amides is 1. The van der Waals surface area contributed by atoms with Crippen molar-refractivity contribution in [1.82, 2.24) is 14.8 Å². The van der Waals surface area contributed by atoms with E-state index in [0.29, 0.717) is 11.5 Å². The first kappa shape index (κ1) is 40.7. The number of aromatic amines is 1. The largest absolute Gasteiger partial charge is 1.00 e. The van der Waals surface area contributed by atoms with Crippen LogP contribution in [0.3, 0.4) is 0 Å². The second-order valence-electron chi connectivity index (χ2n) is 7.72. The van der Waals surface area contributed by atoms with Crippen LogP contribution in [0.1, 0.15) is 42.7 Å². The van der Waals surface area contributed by atoms with Crippen molar-refractivity contribution in [1.29, 1.82) is 0 Å². The Labute approximate surface area is 321 Å². The molecule has 1 amide bonds. The summed E-state index contributed by atoms with van der Waals surface area (Å²) in [7, 11) is -8.77. The first-order valence-corrected chi connectivity index (χ1v) is 14.4. The van der Waals surface area contributed by atoms with Crippen molar-refractivity contribution in [2.75, 3.05) is 19.8 Å². The van der Waals surface area contributed by atoms with E-state index in [1.807, 2.05) is 0 Å². The van der Waals surface area contributed by atoms with Gasteiger partial charge in [-0.05, 0) is 25.7 Å². The summed E-state index contributed by atoms with van der Waals surface area (Å²) < 4.78 is 72.2. The maximum absolute atomic E-state index is 12.9. The molecule has 216 valence electrons. The third-order valence-electron chi connectivity index (χ3n) is 4.94. The predicted octanol–water partition coefficient (Wildman–Crippen LogP) is -7.93. The van der Waals surface area contributed by atoms with Crippen molar-refractivity contribution >= 4 is 38.2 Å². The first-order valence-electron chi connectivity index (χ1n) is 11.4. The minimum absolute atomic E-state index is 0. The van der Waals surface area contributed by atoms with Crippen molar-refractivity contribution in [3.8, 4) is 0 Å². The zero-order chi connectivity index (χ0) is 29.4. The number of nitrogens with one attached hydrogen (secondary N) is 1. The van der Waals surface area contributed by atoms with E-state index in [9.17, 15) is 36.3 Å². The number of esters is 1. The van der Waals surface area contributed by atoms with Crippen LogP contribution in [0.2, 0.25) is 0 Å². The van der Waals surface area contributed by atoms with E-state index < -0.39 is 43.6 Å². The summed E-state index contributed by atoms with van der Waals surface area (Å²) in [6.45, 7) is 2.68. The predicted molar refractivity (Wildman–Crippen MR) is 131 cm³/mol. The molecule has 0 aliphatic carbocycles. The number of hydrogen-bond donors (Lipinski definition) is 4. The van der Waals surface area contributed by atoms with E-state index in [2.05, 4.69) is 5.10 Å². The van der Waals surface area contributed by atoms with Gasteiger partial charge >= 0.3 is 125 Å². The number of quaternary nitrogens is 1. The number of allylic oxidation sites excluding steroid dienone is 2. The van der Waals surface area contributed by atoms with Gasteiger partial charge in [0.15, 0.2) is 11.4 Å². The number of H-pyrrole nitrogens is 1. The Balaban J connectivity index is 0.00000800. The second kappa shape index (κ2) is 18.5. The summed E-state index contributed by atoms with van der Waals surface area (Å²) >= 11 is 0. The molecule has 1 aliphatic rings. The minimum Gasteiger partial charge on any atom is -0.609 e. The van der Waals surface area contributed by atoms with Crippen LogP contribution in [0.5, 0.6) is 0 Å². The summed E-state index contributed by atoms with van der Waals surface area (Å²) in [5.74, 6) is -1.23. The fourth-order valence-electron chi connectivity index (χ4n) is 3.33. The Morgan fingerprint density at radius 3 is 2.32 bits per heavy atom. The maximum atomic E-state index is 12.9. The molecule has 5 N–H and O–H groups in total. The van der Waals surface area contributed by atoms with Gasteiger partial charge in [-0.15, -0.1) is 6.42 Å². The van der Waals surface area contributed by atoms with Gasteiger partial charge in [-0.1, -0.05) is 13.0 Å². The number of aromatic nitrogens is 2. The molecule has 0 bridgehead atoms. The van der Waals surface area contributed by atoms with Gasteiger partial charge < -0.3 is 19.1 Å². The van der Waals surface area contributed by atoms with E-state index in [4.69, 9.17) is 18.6 Å². The van der Waals surface area contributed by atoms with Crippen molar-refractivity contribution in [2.45, 2.75) is 33.2 Å². The molecular formula is C21H28K2N4O12S2+2. The third kappa shape index (κ3) is 13.1. The molecule has 1 fully saturated rings. The monoisotopic (exact) mass is 670 g/mol. The third-order valence-corrected chi connectivity index (χ3v) is 6.25. The van der Waals surface area contributed by atoms with Crippen molar-refractivity contribution in [2.24, 2.45) is 0 Å².